The van der Waals surface area contributed by atoms with Gasteiger partial charge in [-0.25, -0.2) is 9.97 Å². The summed E-state index contributed by atoms with van der Waals surface area (Å²) in [6.07, 6.45) is 5.11. The number of aromatic nitrogens is 4. The zero-order chi connectivity index (χ0) is 16.2. The number of morpholine rings is 1. The molecule has 1 aromatic carbocycles. The van der Waals surface area contributed by atoms with Gasteiger partial charge in [0.1, 0.15) is 18.9 Å². The Labute approximate surface area is 139 Å². The van der Waals surface area contributed by atoms with Crippen molar-refractivity contribution in [2.45, 2.75) is 19.2 Å². The van der Waals surface area contributed by atoms with Gasteiger partial charge in [-0.3, -0.25) is 9.58 Å². The van der Waals surface area contributed by atoms with Crippen molar-refractivity contribution in [3.05, 3.63) is 54.9 Å². The van der Waals surface area contributed by atoms with Crippen molar-refractivity contribution in [1.29, 1.82) is 0 Å². The SMILES string of the molecule is c1ccc(-c2nc(CN3CCO[C@H](Cn4cncn4)C3)co2)cc1. The Hall–Kier alpha value is -2.51. The van der Waals surface area contributed by atoms with Gasteiger partial charge in [0.05, 0.1) is 24.9 Å². The van der Waals surface area contributed by atoms with E-state index in [1.54, 1.807) is 23.6 Å². The van der Waals surface area contributed by atoms with E-state index in [-0.39, 0.29) is 6.10 Å². The van der Waals surface area contributed by atoms with E-state index < -0.39 is 0 Å². The molecule has 3 aromatic rings. The number of hydrogen-bond acceptors (Lipinski definition) is 6. The molecule has 0 aliphatic carbocycles. The molecule has 0 bridgehead atoms. The zero-order valence-electron chi connectivity index (χ0n) is 13.3. The molecule has 0 saturated carbocycles. The lowest BCUT2D eigenvalue weighted by Gasteiger charge is -2.32. The Morgan fingerprint density at radius 1 is 1.21 bits per heavy atom. The summed E-state index contributed by atoms with van der Waals surface area (Å²) < 4.78 is 13.2. The molecule has 1 atom stereocenters. The van der Waals surface area contributed by atoms with Crippen LogP contribution in [-0.4, -0.2) is 50.4 Å². The first kappa shape index (κ1) is 15.0. The van der Waals surface area contributed by atoms with Gasteiger partial charge in [0.25, 0.3) is 0 Å². The Kier molecular flexibility index (Phi) is 4.35. The molecule has 1 saturated heterocycles. The number of rotatable bonds is 5. The number of nitrogens with zero attached hydrogens (tertiary/aromatic N) is 5. The van der Waals surface area contributed by atoms with Crippen LogP contribution >= 0.6 is 0 Å². The normalized spacial score (nSPS) is 18.8. The Balaban J connectivity index is 1.37. The maximum Gasteiger partial charge on any atom is 0.226 e. The molecule has 1 aliphatic heterocycles. The summed E-state index contributed by atoms with van der Waals surface area (Å²) in [5, 5.41) is 4.14. The van der Waals surface area contributed by atoms with E-state index in [0.717, 1.165) is 30.9 Å². The molecule has 0 unspecified atom stereocenters. The molecular weight excluding hydrogens is 306 g/mol. The van der Waals surface area contributed by atoms with Crippen LogP contribution in [-0.2, 0) is 17.8 Å². The second kappa shape index (κ2) is 6.94. The topological polar surface area (TPSA) is 69.2 Å². The van der Waals surface area contributed by atoms with Gasteiger partial charge in [0.15, 0.2) is 0 Å². The van der Waals surface area contributed by atoms with Crippen LogP contribution in [0.1, 0.15) is 5.69 Å². The van der Waals surface area contributed by atoms with Crippen molar-refractivity contribution in [3.63, 3.8) is 0 Å². The molecule has 3 heterocycles. The van der Waals surface area contributed by atoms with Crippen molar-refractivity contribution in [1.82, 2.24) is 24.6 Å². The highest BCUT2D eigenvalue weighted by atomic mass is 16.5. The maximum absolute atomic E-state index is 5.82. The molecule has 7 nitrogen and oxygen atoms in total. The van der Waals surface area contributed by atoms with E-state index in [0.29, 0.717) is 19.0 Å². The first-order valence-electron chi connectivity index (χ1n) is 8.03. The van der Waals surface area contributed by atoms with E-state index in [4.69, 9.17) is 9.15 Å². The number of oxazole rings is 1. The van der Waals surface area contributed by atoms with Crippen molar-refractivity contribution in [2.24, 2.45) is 0 Å². The standard InChI is InChI=1S/C17H19N5O2/c1-2-4-14(5-3-1)17-20-15(11-24-17)8-21-6-7-23-16(9-21)10-22-13-18-12-19-22/h1-5,11-13,16H,6-10H2/t16-/m0/s1. The summed E-state index contributed by atoms with van der Waals surface area (Å²) in [4.78, 5) is 10.9. The molecule has 124 valence electrons. The highest BCUT2D eigenvalue weighted by Crippen LogP contribution is 2.19. The summed E-state index contributed by atoms with van der Waals surface area (Å²) in [6, 6.07) is 9.94. The van der Waals surface area contributed by atoms with Crippen molar-refractivity contribution >= 4 is 0 Å². The van der Waals surface area contributed by atoms with E-state index in [1.807, 2.05) is 30.3 Å². The molecule has 24 heavy (non-hydrogen) atoms. The fraction of sp³-hybridized carbons (Fsp3) is 0.353. The maximum atomic E-state index is 5.82. The predicted molar refractivity (Wildman–Crippen MR) is 87.0 cm³/mol. The minimum atomic E-state index is 0.112. The van der Waals surface area contributed by atoms with E-state index in [9.17, 15) is 0 Å². The van der Waals surface area contributed by atoms with E-state index >= 15 is 0 Å². The highest BCUT2D eigenvalue weighted by molar-refractivity contribution is 5.52. The zero-order valence-corrected chi connectivity index (χ0v) is 13.3. The van der Waals surface area contributed by atoms with Gasteiger partial charge in [0, 0.05) is 25.2 Å². The van der Waals surface area contributed by atoms with Crippen LogP contribution in [0.5, 0.6) is 0 Å². The first-order valence-corrected chi connectivity index (χ1v) is 8.03. The molecule has 0 N–H and O–H groups in total. The molecule has 7 heteroatoms. The van der Waals surface area contributed by atoms with Gasteiger partial charge in [-0.15, -0.1) is 0 Å². The third kappa shape index (κ3) is 3.52. The largest absolute Gasteiger partial charge is 0.444 e. The van der Waals surface area contributed by atoms with Gasteiger partial charge >= 0.3 is 0 Å². The van der Waals surface area contributed by atoms with Gasteiger partial charge in [-0.2, -0.15) is 5.10 Å². The third-order valence-corrected chi connectivity index (χ3v) is 4.04. The molecular formula is C17H19N5O2. The average Bonchev–Trinajstić information content (AvgIpc) is 3.28. The second-order valence-corrected chi connectivity index (χ2v) is 5.86. The lowest BCUT2D eigenvalue weighted by atomic mass is 10.2. The van der Waals surface area contributed by atoms with Crippen molar-refractivity contribution in [3.8, 4) is 11.5 Å². The minimum Gasteiger partial charge on any atom is -0.444 e. The summed E-state index contributed by atoms with van der Waals surface area (Å²) in [5.74, 6) is 0.665. The molecule has 2 aromatic heterocycles. The fourth-order valence-corrected chi connectivity index (χ4v) is 2.89. The van der Waals surface area contributed by atoms with Crippen LogP contribution in [0.15, 0.2) is 53.7 Å². The Bertz CT molecular complexity index is 756. The summed E-state index contributed by atoms with van der Waals surface area (Å²) in [6.45, 7) is 3.91. The van der Waals surface area contributed by atoms with Gasteiger partial charge < -0.3 is 9.15 Å². The van der Waals surface area contributed by atoms with Crippen LogP contribution in [0.2, 0.25) is 0 Å². The average molecular weight is 325 g/mol. The Morgan fingerprint density at radius 3 is 2.96 bits per heavy atom. The monoisotopic (exact) mass is 325 g/mol. The number of hydrogen-bond donors (Lipinski definition) is 0. The predicted octanol–water partition coefficient (Wildman–Crippen LogP) is 1.83. The van der Waals surface area contributed by atoms with Gasteiger partial charge in [-0.1, -0.05) is 18.2 Å². The van der Waals surface area contributed by atoms with Crippen LogP contribution in [0, 0.1) is 0 Å². The number of ether oxygens (including phenoxy) is 1. The van der Waals surface area contributed by atoms with E-state index in [1.165, 1.54) is 0 Å². The van der Waals surface area contributed by atoms with Crippen molar-refractivity contribution in [2.75, 3.05) is 19.7 Å². The Morgan fingerprint density at radius 2 is 2.12 bits per heavy atom. The fourth-order valence-electron chi connectivity index (χ4n) is 2.89. The summed E-state index contributed by atoms with van der Waals surface area (Å²) in [7, 11) is 0. The third-order valence-electron chi connectivity index (χ3n) is 4.04. The lowest BCUT2D eigenvalue weighted by molar-refractivity contribution is -0.0406. The van der Waals surface area contributed by atoms with Gasteiger partial charge in [0.2, 0.25) is 5.89 Å². The smallest absolute Gasteiger partial charge is 0.226 e. The quantitative estimate of drug-likeness (QED) is 0.713. The van der Waals surface area contributed by atoms with Gasteiger partial charge in [-0.05, 0) is 12.1 Å². The van der Waals surface area contributed by atoms with Crippen LogP contribution in [0.3, 0.4) is 0 Å². The van der Waals surface area contributed by atoms with Crippen LogP contribution < -0.4 is 0 Å². The first-order chi connectivity index (χ1) is 11.9. The minimum absolute atomic E-state index is 0.112. The molecule has 0 radical (unpaired) electrons. The summed E-state index contributed by atoms with van der Waals surface area (Å²) in [5.41, 5.74) is 1.94. The van der Waals surface area contributed by atoms with Crippen LogP contribution in [0.25, 0.3) is 11.5 Å². The molecule has 0 spiro atoms. The molecule has 0 amide bonds. The highest BCUT2D eigenvalue weighted by Gasteiger charge is 2.22. The van der Waals surface area contributed by atoms with E-state index in [2.05, 4.69) is 20.0 Å². The lowest BCUT2D eigenvalue weighted by Crippen LogP contribution is -2.43. The molecule has 1 aliphatic rings. The van der Waals surface area contributed by atoms with Crippen molar-refractivity contribution < 1.29 is 9.15 Å². The molecule has 4 rings (SSSR count). The second-order valence-electron chi connectivity index (χ2n) is 5.86. The summed E-state index contributed by atoms with van der Waals surface area (Å²) >= 11 is 0. The molecule has 1 fully saturated rings. The van der Waals surface area contributed by atoms with Crippen LogP contribution in [0.4, 0.5) is 0 Å². The number of benzene rings is 1.